The molecule has 0 bridgehead atoms. The number of rotatable bonds is 5. The second kappa shape index (κ2) is 12.0. The van der Waals surface area contributed by atoms with Crippen LogP contribution in [-0.4, -0.2) is 20.7 Å². The number of aromatic nitrogens is 1. The monoisotopic (exact) mass is 733 g/mol. The van der Waals surface area contributed by atoms with Crippen LogP contribution in [0.15, 0.2) is 164 Å². The van der Waals surface area contributed by atoms with E-state index >= 15 is 0 Å². The summed E-state index contributed by atoms with van der Waals surface area (Å²) in [6.45, 7) is 10.3. The van der Waals surface area contributed by atoms with E-state index in [1.807, 2.05) is 11.3 Å². The normalized spacial score (nSPS) is 15.3. The molecule has 258 valence electrons. The maximum atomic E-state index is 2.72. The zero-order chi connectivity index (χ0) is 36.0. The summed E-state index contributed by atoms with van der Waals surface area (Å²) in [5, 5.41) is 12.8. The Balaban J connectivity index is 1.44. The predicted octanol–water partition coefficient (Wildman–Crippen LogP) is 10.1. The van der Waals surface area contributed by atoms with Crippen LogP contribution in [-0.2, 0) is 5.41 Å². The molecule has 3 heterocycles. The lowest BCUT2D eigenvalue weighted by Crippen LogP contribution is -2.75. The van der Waals surface area contributed by atoms with Crippen molar-refractivity contribution in [3.05, 3.63) is 169 Å². The molecule has 0 aliphatic carbocycles. The number of nitrogens with zero attached hydrogens (tertiary/aromatic N) is 1. The Morgan fingerprint density at radius 2 is 1.11 bits per heavy atom. The third-order valence-corrected chi connectivity index (χ3v) is 21.9. The van der Waals surface area contributed by atoms with E-state index in [0.717, 1.165) is 0 Å². The lowest BCUT2D eigenvalue weighted by atomic mass is 9.81. The van der Waals surface area contributed by atoms with Gasteiger partial charge in [-0.3, -0.25) is 0 Å². The standard InChI is InChI=1S/C49H43NSSi2/c1-49(2)30-31-52(3,4)48-41(49)32-36(33-44(48)50-42-26-14-11-22-37(42)38-23-12-15-27-43(38)50)53(34-18-7-5-8-19-34,35-20-9-6-10-21-35)46-29-17-25-40-39-24-13-16-28-45(39)51-47(40)46/h5-29,32-33H,30-31H2,1-4H3. The van der Waals surface area contributed by atoms with Gasteiger partial charge in [-0.15, -0.1) is 11.3 Å². The van der Waals surface area contributed by atoms with Gasteiger partial charge in [0.15, 0.2) is 8.07 Å². The molecule has 0 atom stereocenters. The Labute approximate surface area is 318 Å². The van der Waals surface area contributed by atoms with Crippen LogP contribution in [0, 0.1) is 0 Å². The van der Waals surface area contributed by atoms with E-state index < -0.39 is 16.1 Å². The third kappa shape index (κ3) is 4.79. The van der Waals surface area contributed by atoms with E-state index in [2.05, 4.69) is 195 Å². The van der Waals surface area contributed by atoms with Crippen LogP contribution in [0.3, 0.4) is 0 Å². The Morgan fingerprint density at radius 3 is 1.75 bits per heavy atom. The van der Waals surface area contributed by atoms with E-state index in [9.17, 15) is 0 Å². The van der Waals surface area contributed by atoms with Crippen molar-refractivity contribution in [2.24, 2.45) is 0 Å². The molecule has 10 rings (SSSR count). The minimum atomic E-state index is -2.96. The van der Waals surface area contributed by atoms with Gasteiger partial charge in [0.2, 0.25) is 0 Å². The van der Waals surface area contributed by atoms with E-state index in [4.69, 9.17) is 0 Å². The summed E-state index contributed by atoms with van der Waals surface area (Å²) < 4.78 is 5.42. The number of fused-ring (bicyclic) bond motifs is 7. The Morgan fingerprint density at radius 1 is 0.566 bits per heavy atom. The van der Waals surface area contributed by atoms with Gasteiger partial charge in [-0.2, -0.15) is 0 Å². The zero-order valence-corrected chi connectivity index (χ0v) is 33.7. The molecule has 9 aromatic rings. The molecule has 1 aliphatic heterocycles. The molecule has 0 radical (unpaired) electrons. The average molecular weight is 734 g/mol. The molecule has 0 fully saturated rings. The molecule has 2 aromatic heterocycles. The minimum Gasteiger partial charge on any atom is -0.309 e. The van der Waals surface area contributed by atoms with Crippen LogP contribution >= 0.6 is 11.3 Å². The van der Waals surface area contributed by atoms with Crippen LogP contribution < -0.4 is 25.9 Å². The lowest BCUT2D eigenvalue weighted by molar-refractivity contribution is 0.498. The van der Waals surface area contributed by atoms with Crippen molar-refractivity contribution in [2.45, 2.75) is 44.8 Å². The first-order valence-electron chi connectivity index (χ1n) is 19.0. The van der Waals surface area contributed by atoms with Gasteiger partial charge in [-0.1, -0.05) is 173 Å². The van der Waals surface area contributed by atoms with E-state index in [0.29, 0.717) is 0 Å². The average Bonchev–Trinajstić information content (AvgIpc) is 3.74. The van der Waals surface area contributed by atoms with Crippen molar-refractivity contribution in [3.63, 3.8) is 0 Å². The fourth-order valence-corrected chi connectivity index (χ4v) is 19.8. The van der Waals surface area contributed by atoms with Crippen molar-refractivity contribution in [3.8, 4) is 5.69 Å². The van der Waals surface area contributed by atoms with Crippen LogP contribution in [0.5, 0.6) is 0 Å². The van der Waals surface area contributed by atoms with Gasteiger partial charge in [-0.25, -0.2) is 0 Å². The second-order valence-electron chi connectivity index (χ2n) is 16.3. The van der Waals surface area contributed by atoms with Gasteiger partial charge < -0.3 is 4.57 Å². The van der Waals surface area contributed by atoms with Crippen LogP contribution in [0.4, 0.5) is 0 Å². The number of thiophene rings is 1. The summed E-state index contributed by atoms with van der Waals surface area (Å²) in [5.41, 5.74) is 5.58. The smallest absolute Gasteiger partial charge is 0.181 e. The highest BCUT2D eigenvalue weighted by Crippen LogP contribution is 2.41. The SMILES string of the molecule is CC1(C)CC[Si](C)(C)c2c(-n3c4ccccc4c4ccccc43)cc([Si](c3ccccc3)(c3ccccc3)c3cccc4c3sc3ccccc34)cc21. The van der Waals surface area contributed by atoms with Gasteiger partial charge in [0, 0.05) is 36.6 Å². The maximum absolute atomic E-state index is 2.96. The molecule has 0 saturated carbocycles. The number of hydrogen-bond acceptors (Lipinski definition) is 1. The van der Waals surface area contributed by atoms with Gasteiger partial charge in [0.1, 0.15) is 0 Å². The quantitative estimate of drug-likeness (QED) is 0.123. The molecule has 53 heavy (non-hydrogen) atoms. The molecule has 0 N–H and O–H groups in total. The van der Waals surface area contributed by atoms with Crippen molar-refractivity contribution < 1.29 is 0 Å². The maximum Gasteiger partial charge on any atom is 0.181 e. The molecular formula is C49H43NSSi2. The highest BCUT2D eigenvalue weighted by molar-refractivity contribution is 7.30. The largest absolute Gasteiger partial charge is 0.309 e. The summed E-state index contributed by atoms with van der Waals surface area (Å²) in [5.74, 6) is 0. The van der Waals surface area contributed by atoms with Gasteiger partial charge >= 0.3 is 0 Å². The fraction of sp³-hybridized carbons (Fsp3) is 0.143. The molecular weight excluding hydrogens is 691 g/mol. The summed E-state index contributed by atoms with van der Waals surface area (Å²) in [6, 6.07) is 64.1. The molecule has 1 nitrogen and oxygen atoms in total. The molecule has 1 aliphatic rings. The molecule has 0 unspecified atom stereocenters. The van der Waals surface area contributed by atoms with Crippen LogP contribution in [0.2, 0.25) is 19.1 Å². The van der Waals surface area contributed by atoms with Gasteiger partial charge in [0.25, 0.3) is 0 Å². The van der Waals surface area contributed by atoms with Crippen molar-refractivity contribution in [1.29, 1.82) is 0 Å². The first-order valence-corrected chi connectivity index (χ1v) is 25.0. The first-order chi connectivity index (χ1) is 25.8. The summed E-state index contributed by atoms with van der Waals surface area (Å²) in [4.78, 5) is 0. The topological polar surface area (TPSA) is 4.93 Å². The lowest BCUT2D eigenvalue weighted by Gasteiger charge is -2.44. The number of hydrogen-bond donors (Lipinski definition) is 0. The minimum absolute atomic E-state index is 0.0402. The van der Waals surface area contributed by atoms with E-state index in [1.165, 1.54) is 80.9 Å². The van der Waals surface area contributed by atoms with Crippen LogP contribution in [0.25, 0.3) is 47.7 Å². The van der Waals surface area contributed by atoms with E-state index in [1.54, 1.807) is 10.8 Å². The Kier molecular flexibility index (Phi) is 7.39. The van der Waals surface area contributed by atoms with E-state index in [-0.39, 0.29) is 5.41 Å². The molecule has 7 aromatic carbocycles. The van der Waals surface area contributed by atoms with Crippen LogP contribution in [0.1, 0.15) is 25.8 Å². The third-order valence-electron chi connectivity index (χ3n) is 12.4. The number of benzene rings is 7. The summed E-state index contributed by atoms with van der Waals surface area (Å²) >= 11 is 1.97. The second-order valence-corrected chi connectivity index (χ2v) is 25.9. The Hall–Kier alpha value is -5.01. The molecule has 0 spiro atoms. The highest BCUT2D eigenvalue weighted by atomic mass is 32.1. The zero-order valence-electron chi connectivity index (χ0n) is 30.9. The first kappa shape index (κ1) is 32.6. The number of para-hydroxylation sites is 2. The van der Waals surface area contributed by atoms with Crippen molar-refractivity contribution >= 4 is 95.4 Å². The predicted molar refractivity (Wildman–Crippen MR) is 237 cm³/mol. The van der Waals surface area contributed by atoms with Gasteiger partial charge in [-0.05, 0) is 67.6 Å². The summed E-state index contributed by atoms with van der Waals surface area (Å²) in [7, 11) is -4.83. The molecule has 0 amide bonds. The fourth-order valence-electron chi connectivity index (χ4n) is 9.72. The summed E-state index contributed by atoms with van der Waals surface area (Å²) in [6.07, 6.45) is 1.21. The Bertz CT molecular complexity index is 2750. The molecule has 0 saturated heterocycles. The van der Waals surface area contributed by atoms with Crippen molar-refractivity contribution in [2.75, 3.05) is 0 Å². The van der Waals surface area contributed by atoms with Gasteiger partial charge in [0.05, 0.1) is 19.1 Å². The highest BCUT2D eigenvalue weighted by Gasteiger charge is 2.47. The molecule has 4 heteroatoms. The van der Waals surface area contributed by atoms with Crippen molar-refractivity contribution in [1.82, 2.24) is 4.57 Å².